The molecule has 1 aromatic heterocycles. The molecule has 0 N–H and O–H groups in total. The summed E-state index contributed by atoms with van der Waals surface area (Å²) in [5, 5.41) is 0. The summed E-state index contributed by atoms with van der Waals surface area (Å²) in [6.45, 7) is 5.75. The summed E-state index contributed by atoms with van der Waals surface area (Å²) in [4.78, 5) is 4.64. The number of aromatic nitrogens is 2. The lowest BCUT2D eigenvalue weighted by Crippen LogP contribution is -2.10. The third-order valence-electron chi connectivity index (χ3n) is 7.41. The number of rotatable bonds is 22. The van der Waals surface area contributed by atoms with Gasteiger partial charge in [0, 0.05) is 6.54 Å². The third-order valence-corrected chi connectivity index (χ3v) is 7.41. The Balaban J connectivity index is 1.67. The Morgan fingerprint density at radius 1 is 0.606 bits per heavy atom. The summed E-state index contributed by atoms with van der Waals surface area (Å²) in [7, 11) is 0. The van der Waals surface area contributed by atoms with Crippen molar-refractivity contribution < 1.29 is 0 Å². The summed E-state index contributed by atoms with van der Waals surface area (Å²) in [5.41, 5.74) is 2.45. The van der Waals surface area contributed by atoms with Crippen molar-refractivity contribution in [1.82, 2.24) is 9.55 Å². The van der Waals surface area contributed by atoms with Crippen molar-refractivity contribution >= 4 is 11.0 Å². The van der Waals surface area contributed by atoms with Gasteiger partial charge in [-0.2, -0.15) is 0 Å². The van der Waals surface area contributed by atoms with Gasteiger partial charge in [-0.1, -0.05) is 142 Å². The highest BCUT2D eigenvalue weighted by Gasteiger charge is 2.12. The molecule has 0 aliphatic carbocycles. The second-order valence-electron chi connectivity index (χ2n) is 10.5. The zero-order valence-corrected chi connectivity index (χ0v) is 22.2. The van der Waals surface area contributed by atoms with E-state index in [1.54, 1.807) is 0 Å². The first-order chi connectivity index (χ1) is 16.3. The minimum absolute atomic E-state index is 0.803. The molecule has 2 rings (SSSR count). The van der Waals surface area contributed by atoms with Crippen LogP contribution in [0.2, 0.25) is 0 Å². The van der Waals surface area contributed by atoms with Crippen molar-refractivity contribution in [2.24, 2.45) is 5.92 Å². The molecule has 188 valence electrons. The molecule has 0 amide bonds. The van der Waals surface area contributed by atoms with Gasteiger partial charge in [0.05, 0.1) is 17.4 Å². The molecule has 2 nitrogen and oxygen atoms in total. The van der Waals surface area contributed by atoms with Gasteiger partial charge in [-0.3, -0.25) is 0 Å². The Bertz CT molecular complexity index is 689. The predicted molar refractivity (Wildman–Crippen MR) is 147 cm³/mol. The van der Waals surface area contributed by atoms with Crippen LogP contribution in [0.4, 0.5) is 0 Å². The van der Waals surface area contributed by atoms with E-state index < -0.39 is 0 Å². The Morgan fingerprint density at radius 3 is 1.58 bits per heavy atom. The van der Waals surface area contributed by atoms with Crippen LogP contribution in [-0.4, -0.2) is 9.55 Å². The van der Waals surface area contributed by atoms with E-state index in [1.807, 2.05) is 0 Å². The summed E-state index contributed by atoms with van der Waals surface area (Å²) in [5.74, 6) is 0.803. The quantitative estimate of drug-likeness (QED) is 0.162. The first kappa shape index (κ1) is 27.9. The van der Waals surface area contributed by atoms with Gasteiger partial charge in [0.2, 0.25) is 0 Å². The van der Waals surface area contributed by atoms with Gasteiger partial charge < -0.3 is 4.57 Å². The maximum atomic E-state index is 4.64. The number of fused-ring (bicyclic) bond motifs is 1. The molecule has 33 heavy (non-hydrogen) atoms. The number of imidazole rings is 1. The van der Waals surface area contributed by atoms with Crippen molar-refractivity contribution in [2.45, 2.75) is 149 Å². The Kier molecular flexibility index (Phi) is 16.1. The number of para-hydroxylation sites is 2. The summed E-state index contributed by atoms with van der Waals surface area (Å²) in [6.07, 6.45) is 30.5. The van der Waals surface area contributed by atoms with E-state index in [2.05, 4.69) is 54.0 Å². The summed E-state index contributed by atoms with van der Waals surface area (Å²) >= 11 is 0. The molecule has 2 aromatic rings. The largest absolute Gasteiger partial charge is 0.330 e. The van der Waals surface area contributed by atoms with Crippen molar-refractivity contribution in [3.63, 3.8) is 0 Å². The molecule has 1 unspecified atom stereocenters. The molecule has 0 spiro atoms. The Labute approximate surface area is 206 Å². The Hall–Kier alpha value is -1.31. The van der Waals surface area contributed by atoms with Gasteiger partial charge in [0.25, 0.3) is 0 Å². The van der Waals surface area contributed by atoms with Crippen molar-refractivity contribution in [3.05, 3.63) is 30.6 Å². The van der Waals surface area contributed by atoms with Crippen LogP contribution in [-0.2, 0) is 6.54 Å². The Morgan fingerprint density at radius 2 is 1.06 bits per heavy atom. The number of unbranched alkanes of at least 4 members (excludes halogenated alkanes) is 16. The molecule has 0 radical (unpaired) electrons. The average Bonchev–Trinajstić information content (AvgIpc) is 3.24. The van der Waals surface area contributed by atoms with Crippen LogP contribution < -0.4 is 0 Å². The fourth-order valence-electron chi connectivity index (χ4n) is 5.25. The molecule has 0 saturated heterocycles. The zero-order chi connectivity index (χ0) is 23.4. The second-order valence-corrected chi connectivity index (χ2v) is 10.5. The van der Waals surface area contributed by atoms with Crippen molar-refractivity contribution in [3.8, 4) is 0 Å². The molecule has 0 aliphatic heterocycles. The van der Waals surface area contributed by atoms with Crippen LogP contribution in [0.3, 0.4) is 0 Å². The van der Waals surface area contributed by atoms with Crippen molar-refractivity contribution in [1.29, 1.82) is 0 Å². The number of nitrogens with zero attached hydrogens (tertiary/aromatic N) is 2. The summed E-state index contributed by atoms with van der Waals surface area (Å²) in [6, 6.07) is 8.62. The number of hydrogen-bond donors (Lipinski definition) is 0. The minimum atomic E-state index is 0.803. The molecule has 1 aromatic carbocycles. The molecule has 0 fully saturated rings. The van der Waals surface area contributed by atoms with Gasteiger partial charge in [0.1, 0.15) is 0 Å². The number of hydrogen-bond acceptors (Lipinski definition) is 1. The van der Waals surface area contributed by atoms with E-state index in [-0.39, 0.29) is 0 Å². The van der Waals surface area contributed by atoms with Gasteiger partial charge in [0.15, 0.2) is 0 Å². The molecule has 1 atom stereocenters. The van der Waals surface area contributed by atoms with E-state index in [0.29, 0.717) is 0 Å². The monoisotopic (exact) mass is 454 g/mol. The van der Waals surface area contributed by atoms with Gasteiger partial charge in [-0.05, 0) is 30.9 Å². The normalized spacial score (nSPS) is 12.5. The zero-order valence-electron chi connectivity index (χ0n) is 22.2. The summed E-state index contributed by atoms with van der Waals surface area (Å²) < 4.78 is 2.42. The van der Waals surface area contributed by atoms with E-state index >= 15 is 0 Å². The van der Waals surface area contributed by atoms with Crippen LogP contribution in [0.25, 0.3) is 11.0 Å². The van der Waals surface area contributed by atoms with Crippen LogP contribution in [0.1, 0.15) is 142 Å². The molecular weight excluding hydrogens is 400 g/mol. The van der Waals surface area contributed by atoms with Crippen molar-refractivity contribution in [2.75, 3.05) is 0 Å². The molecule has 0 saturated carbocycles. The number of benzene rings is 1. The smallest absolute Gasteiger partial charge is 0.0958 e. The standard InChI is InChI=1S/C31H54N2/c1-3-5-7-9-11-13-14-16-18-20-24-29(23-19-17-15-12-10-8-6-4-2)27-33-28-32-30-25-21-22-26-31(30)33/h21-22,25-26,28-29H,3-20,23-24,27H2,1-2H3. The van der Waals surface area contributed by atoms with Crippen LogP contribution >= 0.6 is 0 Å². The second kappa shape index (κ2) is 19.0. The maximum Gasteiger partial charge on any atom is 0.0958 e. The van der Waals surface area contributed by atoms with E-state index in [1.165, 1.54) is 134 Å². The fourth-order valence-corrected chi connectivity index (χ4v) is 5.25. The minimum Gasteiger partial charge on any atom is -0.330 e. The van der Waals surface area contributed by atoms with E-state index in [9.17, 15) is 0 Å². The van der Waals surface area contributed by atoms with Crippen LogP contribution in [0.15, 0.2) is 30.6 Å². The maximum absolute atomic E-state index is 4.64. The SMILES string of the molecule is CCCCCCCCCCCCC(CCCCCCCCCC)Cn1cnc2ccccc21. The fraction of sp³-hybridized carbons (Fsp3) is 0.774. The molecule has 2 heteroatoms. The average molecular weight is 455 g/mol. The third kappa shape index (κ3) is 12.6. The topological polar surface area (TPSA) is 17.8 Å². The lowest BCUT2D eigenvalue weighted by Gasteiger charge is -2.18. The lowest BCUT2D eigenvalue weighted by molar-refractivity contribution is 0.360. The highest BCUT2D eigenvalue weighted by Crippen LogP contribution is 2.23. The first-order valence-corrected chi connectivity index (χ1v) is 14.7. The van der Waals surface area contributed by atoms with Gasteiger partial charge >= 0.3 is 0 Å². The lowest BCUT2D eigenvalue weighted by atomic mass is 9.93. The van der Waals surface area contributed by atoms with E-state index in [0.717, 1.165) is 18.0 Å². The molecule has 0 bridgehead atoms. The first-order valence-electron chi connectivity index (χ1n) is 14.7. The molecule has 1 heterocycles. The predicted octanol–water partition coefficient (Wildman–Crippen LogP) is 10.5. The van der Waals surface area contributed by atoms with Crippen LogP contribution in [0.5, 0.6) is 0 Å². The van der Waals surface area contributed by atoms with Gasteiger partial charge in [-0.15, -0.1) is 0 Å². The highest BCUT2D eigenvalue weighted by atomic mass is 15.0. The molecular formula is C31H54N2. The van der Waals surface area contributed by atoms with Crippen LogP contribution in [0, 0.1) is 5.92 Å². The van der Waals surface area contributed by atoms with E-state index in [4.69, 9.17) is 0 Å². The van der Waals surface area contributed by atoms with Gasteiger partial charge in [-0.25, -0.2) is 4.98 Å². The molecule has 0 aliphatic rings. The highest BCUT2D eigenvalue weighted by molar-refractivity contribution is 5.74.